The summed E-state index contributed by atoms with van der Waals surface area (Å²) >= 11 is 0. The van der Waals surface area contributed by atoms with Gasteiger partial charge >= 0.3 is 0 Å². The third-order valence-electron chi connectivity index (χ3n) is 9.14. The quantitative estimate of drug-likeness (QED) is 0.585. The molecule has 0 saturated heterocycles. The normalized spacial score (nSPS) is 54.8. The van der Waals surface area contributed by atoms with E-state index < -0.39 is 0 Å². The van der Waals surface area contributed by atoms with E-state index in [-0.39, 0.29) is 0 Å². The fourth-order valence-electron chi connectivity index (χ4n) is 8.41. The Bertz CT molecular complexity index is 560. The second-order valence-corrected chi connectivity index (χ2v) is 9.92. The van der Waals surface area contributed by atoms with Crippen LogP contribution < -0.4 is 0 Å². The molecule has 0 spiro atoms. The van der Waals surface area contributed by atoms with Crippen LogP contribution in [0.5, 0.6) is 0 Å². The zero-order valence-electron chi connectivity index (χ0n) is 14.9. The summed E-state index contributed by atoms with van der Waals surface area (Å²) in [6, 6.07) is 0. The summed E-state index contributed by atoms with van der Waals surface area (Å²) in [7, 11) is 0. The first kappa shape index (κ1) is 14.7. The van der Waals surface area contributed by atoms with Crippen molar-refractivity contribution in [1.29, 1.82) is 0 Å². The summed E-state index contributed by atoms with van der Waals surface area (Å²) in [5.74, 6) is 7.12. The Morgan fingerprint density at radius 1 is 1.04 bits per heavy atom. The SMILES string of the molecule is CC1CC2CCC3C4CCC5=CC(=O)CCC5C4CCC3(C)C12. The highest BCUT2D eigenvalue weighted by Gasteiger charge is 2.60. The van der Waals surface area contributed by atoms with E-state index in [0.29, 0.717) is 11.2 Å². The molecule has 0 aromatic carbocycles. The number of fused-ring (bicyclic) bond motifs is 7. The zero-order valence-corrected chi connectivity index (χ0v) is 14.9. The first-order chi connectivity index (χ1) is 11.1. The fraction of sp³-hybridized carbons (Fsp3) is 0.864. The van der Waals surface area contributed by atoms with Gasteiger partial charge in [0.2, 0.25) is 0 Å². The third kappa shape index (κ3) is 1.94. The molecule has 23 heavy (non-hydrogen) atoms. The van der Waals surface area contributed by atoms with Gasteiger partial charge in [-0.15, -0.1) is 0 Å². The molecule has 5 aliphatic carbocycles. The number of carbonyl (C=O) groups is 1. The van der Waals surface area contributed by atoms with Crippen LogP contribution in [0.25, 0.3) is 0 Å². The Hall–Kier alpha value is -0.590. The largest absolute Gasteiger partial charge is 0.295 e. The van der Waals surface area contributed by atoms with Crippen molar-refractivity contribution in [3.8, 4) is 0 Å². The molecular weight excluding hydrogens is 280 g/mol. The van der Waals surface area contributed by atoms with Crippen LogP contribution >= 0.6 is 0 Å². The molecule has 0 aliphatic heterocycles. The summed E-state index contributed by atoms with van der Waals surface area (Å²) in [6.45, 7) is 5.20. The van der Waals surface area contributed by atoms with E-state index in [0.717, 1.165) is 54.3 Å². The highest BCUT2D eigenvalue weighted by molar-refractivity contribution is 5.91. The van der Waals surface area contributed by atoms with Crippen molar-refractivity contribution in [2.75, 3.05) is 0 Å². The minimum atomic E-state index is 0.402. The molecule has 1 heteroatoms. The van der Waals surface area contributed by atoms with Crippen LogP contribution in [0.1, 0.15) is 71.6 Å². The van der Waals surface area contributed by atoms with E-state index in [9.17, 15) is 4.79 Å². The van der Waals surface area contributed by atoms with Crippen molar-refractivity contribution in [1.82, 2.24) is 0 Å². The predicted molar refractivity (Wildman–Crippen MR) is 92.9 cm³/mol. The van der Waals surface area contributed by atoms with Crippen molar-refractivity contribution in [3.05, 3.63) is 11.6 Å². The van der Waals surface area contributed by atoms with Gasteiger partial charge in [-0.2, -0.15) is 0 Å². The summed E-state index contributed by atoms with van der Waals surface area (Å²) in [5.41, 5.74) is 2.18. The van der Waals surface area contributed by atoms with E-state index >= 15 is 0 Å². The maximum absolute atomic E-state index is 11.8. The monoisotopic (exact) mass is 312 g/mol. The molecule has 8 unspecified atom stereocenters. The molecule has 0 heterocycles. The topological polar surface area (TPSA) is 17.1 Å². The lowest BCUT2D eigenvalue weighted by atomic mass is 9.39. The van der Waals surface area contributed by atoms with Crippen LogP contribution in [-0.2, 0) is 4.79 Å². The van der Waals surface area contributed by atoms with Gasteiger partial charge in [0.15, 0.2) is 5.78 Å². The summed E-state index contributed by atoms with van der Waals surface area (Å²) in [4.78, 5) is 11.8. The van der Waals surface area contributed by atoms with E-state index in [2.05, 4.69) is 13.8 Å². The average Bonchev–Trinajstić information content (AvgIpc) is 2.51. The fourth-order valence-corrected chi connectivity index (χ4v) is 8.41. The molecule has 0 aromatic heterocycles. The molecule has 126 valence electrons. The van der Waals surface area contributed by atoms with Gasteiger partial charge in [0, 0.05) is 6.42 Å². The molecule has 8 atom stereocenters. The lowest BCUT2D eigenvalue weighted by Gasteiger charge is -2.66. The maximum atomic E-state index is 11.8. The highest BCUT2D eigenvalue weighted by atomic mass is 16.1. The molecule has 4 fully saturated rings. The minimum absolute atomic E-state index is 0.402. The Labute approximate surface area is 141 Å². The number of ketones is 1. The second kappa shape index (κ2) is 4.96. The van der Waals surface area contributed by atoms with Crippen LogP contribution in [0.3, 0.4) is 0 Å². The van der Waals surface area contributed by atoms with Crippen molar-refractivity contribution >= 4 is 5.78 Å². The van der Waals surface area contributed by atoms with Gasteiger partial charge in [0.1, 0.15) is 0 Å². The predicted octanol–water partition coefficient (Wildman–Crippen LogP) is 5.40. The summed E-state index contributed by atoms with van der Waals surface area (Å²) in [5, 5.41) is 0. The number of carbonyl (C=O) groups excluding carboxylic acids is 1. The van der Waals surface area contributed by atoms with E-state index in [1.54, 1.807) is 0 Å². The molecule has 0 radical (unpaired) electrons. The highest BCUT2D eigenvalue weighted by Crippen LogP contribution is 2.68. The molecule has 5 rings (SSSR count). The van der Waals surface area contributed by atoms with Crippen molar-refractivity contribution < 1.29 is 4.79 Å². The molecule has 0 amide bonds. The van der Waals surface area contributed by atoms with Gasteiger partial charge in [-0.25, -0.2) is 0 Å². The zero-order chi connectivity index (χ0) is 15.8. The minimum Gasteiger partial charge on any atom is -0.295 e. The number of allylic oxidation sites excluding steroid dienone is 2. The lowest BCUT2D eigenvalue weighted by Crippen LogP contribution is -2.58. The van der Waals surface area contributed by atoms with Gasteiger partial charge < -0.3 is 0 Å². The number of hydrogen-bond acceptors (Lipinski definition) is 1. The number of hydrogen-bond donors (Lipinski definition) is 0. The van der Waals surface area contributed by atoms with Gasteiger partial charge in [-0.3, -0.25) is 4.79 Å². The van der Waals surface area contributed by atoms with E-state index in [4.69, 9.17) is 0 Å². The average molecular weight is 312 g/mol. The second-order valence-electron chi connectivity index (χ2n) is 9.92. The number of rotatable bonds is 0. The summed E-state index contributed by atoms with van der Waals surface area (Å²) < 4.78 is 0. The Morgan fingerprint density at radius 2 is 1.91 bits per heavy atom. The van der Waals surface area contributed by atoms with E-state index in [1.165, 1.54) is 50.5 Å². The molecule has 4 saturated carbocycles. The molecule has 0 aromatic rings. The first-order valence-electron chi connectivity index (χ1n) is 10.3. The summed E-state index contributed by atoms with van der Waals surface area (Å²) in [6.07, 6.45) is 14.1. The smallest absolute Gasteiger partial charge is 0.155 e. The Morgan fingerprint density at radius 3 is 2.74 bits per heavy atom. The molecule has 5 aliphatic rings. The van der Waals surface area contributed by atoms with Crippen LogP contribution in [0.15, 0.2) is 11.6 Å². The molecular formula is C22H32O. The van der Waals surface area contributed by atoms with Crippen LogP contribution in [0.2, 0.25) is 0 Å². The molecule has 0 N–H and O–H groups in total. The van der Waals surface area contributed by atoms with Crippen LogP contribution in [0, 0.1) is 46.8 Å². The first-order valence-corrected chi connectivity index (χ1v) is 10.3. The standard InChI is InChI=1S/C22H32O/c1-13-11-15-4-8-20-19-6-3-14-12-16(23)5-7-17(14)18(19)9-10-22(20,2)21(13)15/h12-13,15,17-21H,3-11H2,1-2H3. The molecule has 1 nitrogen and oxygen atoms in total. The van der Waals surface area contributed by atoms with Crippen molar-refractivity contribution in [2.45, 2.75) is 71.6 Å². The van der Waals surface area contributed by atoms with Crippen molar-refractivity contribution in [2.24, 2.45) is 46.8 Å². The van der Waals surface area contributed by atoms with Crippen LogP contribution in [-0.4, -0.2) is 5.78 Å². The third-order valence-corrected chi connectivity index (χ3v) is 9.14. The lowest BCUT2D eigenvalue weighted by molar-refractivity contribution is -0.161. The van der Waals surface area contributed by atoms with Crippen LogP contribution in [0.4, 0.5) is 0 Å². The van der Waals surface area contributed by atoms with Crippen molar-refractivity contribution in [3.63, 3.8) is 0 Å². The van der Waals surface area contributed by atoms with Gasteiger partial charge in [0.05, 0.1) is 0 Å². The molecule has 0 bridgehead atoms. The van der Waals surface area contributed by atoms with Gasteiger partial charge in [0.25, 0.3) is 0 Å². The van der Waals surface area contributed by atoms with Gasteiger partial charge in [-0.05, 0) is 104 Å². The van der Waals surface area contributed by atoms with E-state index in [1.807, 2.05) is 6.08 Å². The maximum Gasteiger partial charge on any atom is 0.155 e. The Kier molecular flexibility index (Phi) is 3.18. The Balaban J connectivity index is 1.45. The van der Waals surface area contributed by atoms with Gasteiger partial charge in [-0.1, -0.05) is 19.4 Å².